The molecule has 2 nitrogen and oxygen atoms in total. The third kappa shape index (κ3) is 3.99. The summed E-state index contributed by atoms with van der Waals surface area (Å²) >= 11 is 0. The molecule has 1 fully saturated rings. The number of ether oxygens (including phenoxy) is 1. The maximum absolute atomic E-state index is 10.7. The van der Waals surface area contributed by atoms with Crippen LogP contribution < -0.4 is 4.74 Å². The van der Waals surface area contributed by atoms with E-state index in [2.05, 4.69) is 13.8 Å². The van der Waals surface area contributed by atoms with Gasteiger partial charge in [-0.3, -0.25) is 0 Å². The van der Waals surface area contributed by atoms with Crippen LogP contribution in [0.4, 0.5) is 0 Å². The smallest absolute Gasteiger partial charge is 0.119 e. The van der Waals surface area contributed by atoms with Crippen molar-refractivity contribution < 1.29 is 9.84 Å². The molecule has 1 aliphatic carbocycles. The summed E-state index contributed by atoms with van der Waals surface area (Å²) in [7, 11) is 0. The number of rotatable bonds is 6. The van der Waals surface area contributed by atoms with Crippen molar-refractivity contribution in [3.05, 3.63) is 29.8 Å². The van der Waals surface area contributed by atoms with Crippen molar-refractivity contribution in [1.82, 2.24) is 0 Å². The molecule has 3 atom stereocenters. The zero-order valence-corrected chi connectivity index (χ0v) is 12.8. The molecule has 0 aromatic heterocycles. The summed E-state index contributed by atoms with van der Waals surface area (Å²) < 4.78 is 5.66. The molecular weight excluding hydrogens is 248 g/mol. The van der Waals surface area contributed by atoms with E-state index >= 15 is 0 Å². The highest BCUT2D eigenvalue weighted by atomic mass is 16.5. The molecule has 0 saturated heterocycles. The lowest BCUT2D eigenvalue weighted by atomic mass is 9.76. The Labute approximate surface area is 123 Å². The van der Waals surface area contributed by atoms with Crippen LogP contribution in [0.25, 0.3) is 0 Å². The van der Waals surface area contributed by atoms with E-state index in [0.717, 1.165) is 43.1 Å². The molecule has 0 amide bonds. The predicted molar refractivity (Wildman–Crippen MR) is 82.9 cm³/mol. The molecule has 20 heavy (non-hydrogen) atoms. The Morgan fingerprint density at radius 1 is 1.30 bits per heavy atom. The van der Waals surface area contributed by atoms with Gasteiger partial charge >= 0.3 is 0 Å². The van der Waals surface area contributed by atoms with Crippen LogP contribution in [0.2, 0.25) is 0 Å². The van der Waals surface area contributed by atoms with Gasteiger partial charge < -0.3 is 9.84 Å². The summed E-state index contributed by atoms with van der Waals surface area (Å²) in [6, 6.07) is 8.00. The molecule has 2 rings (SSSR count). The summed E-state index contributed by atoms with van der Waals surface area (Å²) in [5.74, 6) is 2.09. The van der Waals surface area contributed by atoms with Crippen molar-refractivity contribution in [2.75, 3.05) is 6.61 Å². The third-order valence-corrected chi connectivity index (χ3v) is 4.52. The molecule has 1 aromatic carbocycles. The fourth-order valence-electron chi connectivity index (χ4n) is 3.27. The lowest BCUT2D eigenvalue weighted by Gasteiger charge is -2.32. The molecule has 1 N–H and O–H groups in total. The summed E-state index contributed by atoms with van der Waals surface area (Å²) in [6.45, 7) is 5.10. The second-order valence-electron chi connectivity index (χ2n) is 6.07. The van der Waals surface area contributed by atoms with E-state index < -0.39 is 0 Å². The minimum absolute atomic E-state index is 0.338. The lowest BCUT2D eigenvalue weighted by Crippen LogP contribution is -2.21. The van der Waals surface area contributed by atoms with Crippen LogP contribution in [-0.4, -0.2) is 11.7 Å². The van der Waals surface area contributed by atoms with E-state index in [1.165, 1.54) is 19.3 Å². The maximum Gasteiger partial charge on any atom is 0.119 e. The topological polar surface area (TPSA) is 29.5 Å². The Balaban J connectivity index is 2.02. The van der Waals surface area contributed by atoms with E-state index in [9.17, 15) is 5.11 Å². The van der Waals surface area contributed by atoms with Gasteiger partial charge in [0.2, 0.25) is 0 Å². The molecular formula is C18H28O2. The summed E-state index contributed by atoms with van der Waals surface area (Å²) in [6.07, 6.45) is 6.81. The Morgan fingerprint density at radius 3 is 2.90 bits per heavy atom. The highest BCUT2D eigenvalue weighted by Crippen LogP contribution is 2.38. The molecule has 0 heterocycles. The number of benzene rings is 1. The van der Waals surface area contributed by atoms with E-state index in [-0.39, 0.29) is 6.10 Å². The van der Waals surface area contributed by atoms with Crippen molar-refractivity contribution in [3.63, 3.8) is 0 Å². The first-order valence-corrected chi connectivity index (χ1v) is 8.15. The van der Waals surface area contributed by atoms with Gasteiger partial charge in [-0.1, -0.05) is 45.2 Å². The SMILES string of the molecule is CCCOc1cccc(C(O)C2CCCC(CC)C2)c1. The Kier molecular flexibility index (Phi) is 5.90. The molecule has 0 bridgehead atoms. The number of hydrogen-bond acceptors (Lipinski definition) is 2. The molecule has 3 unspecified atom stereocenters. The summed E-state index contributed by atoms with van der Waals surface area (Å²) in [5.41, 5.74) is 1.01. The molecule has 2 heteroatoms. The van der Waals surface area contributed by atoms with Crippen LogP contribution in [-0.2, 0) is 0 Å². The first-order chi connectivity index (χ1) is 9.74. The molecule has 1 aliphatic rings. The van der Waals surface area contributed by atoms with Gasteiger partial charge in [0.05, 0.1) is 12.7 Å². The normalized spacial score (nSPS) is 24.4. The van der Waals surface area contributed by atoms with E-state index in [0.29, 0.717) is 5.92 Å². The van der Waals surface area contributed by atoms with Gasteiger partial charge in [0.15, 0.2) is 0 Å². The van der Waals surface area contributed by atoms with Crippen LogP contribution in [0.3, 0.4) is 0 Å². The molecule has 0 radical (unpaired) electrons. The van der Waals surface area contributed by atoms with Crippen molar-refractivity contribution in [1.29, 1.82) is 0 Å². The van der Waals surface area contributed by atoms with Crippen LogP contribution in [0.1, 0.15) is 64.0 Å². The predicted octanol–water partition coefficient (Wildman–Crippen LogP) is 4.73. The van der Waals surface area contributed by atoms with Gasteiger partial charge in [-0.15, -0.1) is 0 Å². The first kappa shape index (κ1) is 15.4. The van der Waals surface area contributed by atoms with Crippen LogP contribution >= 0.6 is 0 Å². The Hall–Kier alpha value is -1.02. The van der Waals surface area contributed by atoms with Crippen LogP contribution in [0.5, 0.6) is 5.75 Å². The maximum atomic E-state index is 10.7. The quantitative estimate of drug-likeness (QED) is 0.814. The zero-order valence-electron chi connectivity index (χ0n) is 12.8. The molecule has 1 aromatic rings. The minimum Gasteiger partial charge on any atom is -0.494 e. The van der Waals surface area contributed by atoms with Crippen molar-refractivity contribution in [2.45, 2.75) is 58.5 Å². The van der Waals surface area contributed by atoms with Crippen LogP contribution in [0.15, 0.2) is 24.3 Å². The molecule has 0 aliphatic heterocycles. The monoisotopic (exact) mass is 276 g/mol. The van der Waals surface area contributed by atoms with Gasteiger partial charge in [0.1, 0.15) is 5.75 Å². The average molecular weight is 276 g/mol. The largest absolute Gasteiger partial charge is 0.494 e. The molecule has 112 valence electrons. The van der Waals surface area contributed by atoms with Crippen LogP contribution in [0, 0.1) is 11.8 Å². The highest BCUT2D eigenvalue weighted by Gasteiger charge is 2.27. The van der Waals surface area contributed by atoms with E-state index in [1.807, 2.05) is 24.3 Å². The Morgan fingerprint density at radius 2 is 2.15 bits per heavy atom. The zero-order chi connectivity index (χ0) is 14.4. The summed E-state index contributed by atoms with van der Waals surface area (Å²) in [5, 5.41) is 10.7. The first-order valence-electron chi connectivity index (χ1n) is 8.15. The fourth-order valence-corrected chi connectivity index (χ4v) is 3.27. The van der Waals surface area contributed by atoms with E-state index in [4.69, 9.17) is 4.74 Å². The third-order valence-electron chi connectivity index (χ3n) is 4.52. The highest BCUT2D eigenvalue weighted by molar-refractivity contribution is 5.30. The van der Waals surface area contributed by atoms with Gasteiger partial charge in [-0.2, -0.15) is 0 Å². The van der Waals surface area contributed by atoms with E-state index in [1.54, 1.807) is 0 Å². The van der Waals surface area contributed by atoms with Crippen molar-refractivity contribution in [3.8, 4) is 5.75 Å². The van der Waals surface area contributed by atoms with Gasteiger partial charge in [0.25, 0.3) is 0 Å². The number of hydrogen-bond donors (Lipinski definition) is 1. The molecule has 1 saturated carbocycles. The number of aliphatic hydroxyl groups excluding tert-OH is 1. The van der Waals surface area contributed by atoms with Gasteiger partial charge in [-0.05, 0) is 48.8 Å². The van der Waals surface area contributed by atoms with Crippen molar-refractivity contribution >= 4 is 0 Å². The standard InChI is InChI=1S/C18H28O2/c1-3-11-20-17-10-6-9-16(13-17)18(19)15-8-5-7-14(4-2)12-15/h6,9-10,13-15,18-19H,3-5,7-8,11-12H2,1-2H3. The second-order valence-corrected chi connectivity index (χ2v) is 6.07. The Bertz CT molecular complexity index is 402. The fraction of sp³-hybridized carbons (Fsp3) is 0.667. The minimum atomic E-state index is -0.338. The van der Waals surface area contributed by atoms with Crippen molar-refractivity contribution in [2.24, 2.45) is 11.8 Å². The summed E-state index contributed by atoms with van der Waals surface area (Å²) in [4.78, 5) is 0. The molecule has 0 spiro atoms. The number of aliphatic hydroxyl groups is 1. The lowest BCUT2D eigenvalue weighted by molar-refractivity contribution is 0.0676. The van der Waals surface area contributed by atoms with Gasteiger partial charge in [0, 0.05) is 0 Å². The second kappa shape index (κ2) is 7.68. The van der Waals surface area contributed by atoms with Gasteiger partial charge in [-0.25, -0.2) is 0 Å². The average Bonchev–Trinajstić information content (AvgIpc) is 2.52.